The predicted octanol–water partition coefficient (Wildman–Crippen LogP) is 0.669. The summed E-state index contributed by atoms with van der Waals surface area (Å²) in [5.74, 6) is 0.0324. The summed E-state index contributed by atoms with van der Waals surface area (Å²) in [6.45, 7) is 0.346. The molecule has 0 aliphatic rings. The van der Waals surface area contributed by atoms with Crippen LogP contribution in [0.3, 0.4) is 0 Å². The zero-order chi connectivity index (χ0) is 9.68. The first-order valence-electron chi connectivity index (χ1n) is 4.13. The molecule has 1 rings (SSSR count). The van der Waals surface area contributed by atoms with Gasteiger partial charge in [0.15, 0.2) is 0 Å². The quantitative estimate of drug-likeness (QED) is 0.736. The lowest BCUT2D eigenvalue weighted by molar-refractivity contribution is -0.117. The van der Waals surface area contributed by atoms with Crippen molar-refractivity contribution in [2.45, 2.75) is 0 Å². The van der Waals surface area contributed by atoms with Crippen LogP contribution >= 0.6 is 0 Å². The van der Waals surface area contributed by atoms with Crippen molar-refractivity contribution in [3.05, 3.63) is 30.3 Å². The van der Waals surface area contributed by atoms with Crippen LogP contribution in [-0.2, 0) is 4.79 Å². The van der Waals surface area contributed by atoms with E-state index in [-0.39, 0.29) is 5.91 Å². The Morgan fingerprint density at radius 1 is 1.62 bits per heavy atom. The zero-order valence-corrected chi connectivity index (χ0v) is 7.87. The highest BCUT2D eigenvalue weighted by atomic mass is 16.2. The van der Waals surface area contributed by atoms with Crippen LogP contribution in [0.4, 0.5) is 5.69 Å². The summed E-state index contributed by atoms with van der Waals surface area (Å²) in [7, 11) is 3.49. The minimum Gasteiger partial charge on any atom is -0.314 e. The smallest absolute Gasteiger partial charge is 0.240 e. The molecule has 0 aromatic heterocycles. The Morgan fingerprint density at radius 2 is 2.38 bits per heavy atom. The fraction of sp³-hybridized carbons (Fsp3) is 0.300. The van der Waals surface area contributed by atoms with Gasteiger partial charge < -0.3 is 10.2 Å². The van der Waals surface area contributed by atoms with E-state index in [1.54, 1.807) is 25.1 Å². The van der Waals surface area contributed by atoms with Crippen molar-refractivity contribution >= 4 is 11.6 Å². The fourth-order valence-electron chi connectivity index (χ4n) is 0.997. The molecule has 0 aliphatic carbocycles. The number of hydrogen-bond donors (Lipinski definition) is 1. The average molecular weight is 177 g/mol. The number of rotatable bonds is 3. The molecule has 1 radical (unpaired) electrons. The van der Waals surface area contributed by atoms with Crippen LogP contribution in [0.15, 0.2) is 24.3 Å². The maximum atomic E-state index is 11.4. The molecular weight excluding hydrogens is 164 g/mol. The molecule has 0 atom stereocenters. The number of hydrogen-bond acceptors (Lipinski definition) is 2. The van der Waals surface area contributed by atoms with Crippen LogP contribution in [0, 0.1) is 6.07 Å². The molecule has 0 heterocycles. The van der Waals surface area contributed by atoms with E-state index in [2.05, 4.69) is 11.4 Å². The SMILES string of the molecule is CNCC(=O)N(C)c1[c]cccc1. The second kappa shape index (κ2) is 4.62. The first kappa shape index (κ1) is 9.74. The van der Waals surface area contributed by atoms with E-state index >= 15 is 0 Å². The van der Waals surface area contributed by atoms with Gasteiger partial charge in [-0.3, -0.25) is 4.79 Å². The Bertz CT molecular complexity index is 272. The summed E-state index contributed by atoms with van der Waals surface area (Å²) in [6.07, 6.45) is 0. The number of carbonyl (C=O) groups excluding carboxylic acids is 1. The number of nitrogens with one attached hydrogen (secondary N) is 1. The summed E-state index contributed by atoms with van der Waals surface area (Å²) in [5.41, 5.74) is 0.794. The molecule has 0 bridgehead atoms. The molecule has 69 valence electrons. The van der Waals surface area contributed by atoms with Crippen LogP contribution in [0.1, 0.15) is 0 Å². The Labute approximate surface area is 78.4 Å². The van der Waals surface area contributed by atoms with Crippen molar-refractivity contribution in [1.82, 2.24) is 5.32 Å². The van der Waals surface area contributed by atoms with Gasteiger partial charge in [0.25, 0.3) is 0 Å². The molecule has 0 aliphatic heterocycles. The molecule has 3 heteroatoms. The van der Waals surface area contributed by atoms with Gasteiger partial charge in [-0.2, -0.15) is 0 Å². The van der Waals surface area contributed by atoms with Crippen LogP contribution in [0.5, 0.6) is 0 Å². The molecule has 1 aromatic carbocycles. The van der Waals surface area contributed by atoms with Gasteiger partial charge in [0, 0.05) is 13.1 Å². The van der Waals surface area contributed by atoms with E-state index in [4.69, 9.17) is 0 Å². The maximum absolute atomic E-state index is 11.4. The number of anilines is 1. The van der Waals surface area contributed by atoms with Crippen molar-refractivity contribution < 1.29 is 4.79 Å². The standard InChI is InChI=1S/C10H13N2O/c1-11-8-10(13)12(2)9-6-4-3-5-7-9/h3-6,11H,8H2,1-2H3. The minimum absolute atomic E-state index is 0.0324. The monoisotopic (exact) mass is 177 g/mol. The van der Waals surface area contributed by atoms with Crippen molar-refractivity contribution in [3.8, 4) is 0 Å². The Hall–Kier alpha value is -1.35. The van der Waals surface area contributed by atoms with E-state index in [0.717, 1.165) is 5.69 Å². The number of carbonyl (C=O) groups is 1. The van der Waals surface area contributed by atoms with Gasteiger partial charge in [-0.1, -0.05) is 18.2 Å². The lowest BCUT2D eigenvalue weighted by atomic mass is 10.3. The lowest BCUT2D eigenvalue weighted by Gasteiger charge is -2.16. The van der Waals surface area contributed by atoms with E-state index < -0.39 is 0 Å². The summed E-state index contributed by atoms with van der Waals surface area (Å²) in [6, 6.07) is 10.4. The number of benzene rings is 1. The van der Waals surface area contributed by atoms with Gasteiger partial charge in [-0.05, 0) is 13.1 Å². The van der Waals surface area contributed by atoms with Gasteiger partial charge in [0.05, 0.1) is 12.2 Å². The van der Waals surface area contributed by atoms with Crippen molar-refractivity contribution in [2.24, 2.45) is 0 Å². The van der Waals surface area contributed by atoms with Gasteiger partial charge >= 0.3 is 0 Å². The fourth-order valence-corrected chi connectivity index (χ4v) is 0.997. The largest absolute Gasteiger partial charge is 0.314 e. The molecule has 0 unspecified atom stereocenters. The predicted molar refractivity (Wildman–Crippen MR) is 52.6 cm³/mol. The molecule has 1 aromatic rings. The summed E-state index contributed by atoms with van der Waals surface area (Å²) in [5, 5.41) is 2.81. The first-order chi connectivity index (χ1) is 6.25. The topological polar surface area (TPSA) is 32.3 Å². The van der Waals surface area contributed by atoms with E-state index in [1.165, 1.54) is 0 Å². The normalized spacial score (nSPS) is 9.69. The highest BCUT2D eigenvalue weighted by Gasteiger charge is 2.08. The van der Waals surface area contributed by atoms with Gasteiger partial charge in [0.2, 0.25) is 5.91 Å². The molecule has 13 heavy (non-hydrogen) atoms. The maximum Gasteiger partial charge on any atom is 0.240 e. The molecule has 1 amide bonds. The van der Waals surface area contributed by atoms with Crippen LogP contribution in [0.25, 0.3) is 0 Å². The number of likely N-dealkylation sites (N-methyl/N-ethyl adjacent to an activating group) is 2. The second-order valence-corrected chi connectivity index (χ2v) is 2.73. The third-order valence-electron chi connectivity index (χ3n) is 1.76. The number of nitrogens with zero attached hydrogens (tertiary/aromatic N) is 1. The summed E-state index contributed by atoms with van der Waals surface area (Å²) >= 11 is 0. The van der Waals surface area contributed by atoms with Gasteiger partial charge in [-0.15, -0.1) is 0 Å². The van der Waals surface area contributed by atoms with Crippen molar-refractivity contribution in [2.75, 3.05) is 25.5 Å². The summed E-state index contributed by atoms with van der Waals surface area (Å²) < 4.78 is 0. The average Bonchev–Trinajstić information content (AvgIpc) is 2.18. The second-order valence-electron chi connectivity index (χ2n) is 2.73. The van der Waals surface area contributed by atoms with Crippen LogP contribution in [0.2, 0.25) is 0 Å². The molecule has 0 saturated carbocycles. The third-order valence-corrected chi connectivity index (χ3v) is 1.76. The summed E-state index contributed by atoms with van der Waals surface area (Å²) in [4.78, 5) is 13.0. The highest BCUT2D eigenvalue weighted by molar-refractivity contribution is 5.94. The third kappa shape index (κ3) is 2.56. The number of para-hydroxylation sites is 1. The first-order valence-corrected chi connectivity index (χ1v) is 4.13. The molecular formula is C10H13N2O. The minimum atomic E-state index is 0.0324. The molecule has 3 nitrogen and oxygen atoms in total. The van der Waals surface area contributed by atoms with E-state index in [1.807, 2.05) is 18.2 Å². The van der Waals surface area contributed by atoms with Gasteiger partial charge in [0.1, 0.15) is 0 Å². The highest BCUT2D eigenvalue weighted by Crippen LogP contribution is 2.09. The van der Waals surface area contributed by atoms with E-state index in [0.29, 0.717) is 6.54 Å². The Balaban J connectivity index is 2.68. The lowest BCUT2D eigenvalue weighted by Crippen LogP contribution is -2.34. The molecule has 0 spiro atoms. The van der Waals surface area contributed by atoms with Crippen LogP contribution < -0.4 is 10.2 Å². The Kier molecular flexibility index (Phi) is 3.46. The van der Waals surface area contributed by atoms with Crippen molar-refractivity contribution in [3.63, 3.8) is 0 Å². The molecule has 1 N–H and O–H groups in total. The van der Waals surface area contributed by atoms with Crippen molar-refractivity contribution in [1.29, 1.82) is 0 Å². The van der Waals surface area contributed by atoms with Crippen LogP contribution in [-0.4, -0.2) is 26.5 Å². The number of amides is 1. The van der Waals surface area contributed by atoms with Gasteiger partial charge in [-0.25, -0.2) is 0 Å². The zero-order valence-electron chi connectivity index (χ0n) is 7.87. The Morgan fingerprint density at radius 3 is 2.92 bits per heavy atom. The molecule has 0 fully saturated rings. The molecule has 0 saturated heterocycles. The van der Waals surface area contributed by atoms with E-state index in [9.17, 15) is 4.79 Å².